The number of anilines is 1. The number of rotatable bonds is 5. The lowest BCUT2D eigenvalue weighted by Gasteiger charge is -2.04. The SMILES string of the molecule is Cc1cc(NC(=O)CCS(=O)(=O)c2ccc(Br)cc2)no1. The lowest BCUT2D eigenvalue weighted by Crippen LogP contribution is -2.17. The smallest absolute Gasteiger partial charge is 0.226 e. The number of nitrogens with zero attached hydrogens (tertiary/aromatic N) is 1. The number of carbonyl (C=O) groups is 1. The fourth-order valence-corrected chi connectivity index (χ4v) is 3.12. The number of hydrogen-bond acceptors (Lipinski definition) is 5. The molecule has 6 nitrogen and oxygen atoms in total. The summed E-state index contributed by atoms with van der Waals surface area (Å²) < 4.78 is 29.7. The maximum atomic E-state index is 12.1. The minimum Gasteiger partial charge on any atom is -0.360 e. The van der Waals surface area contributed by atoms with Gasteiger partial charge >= 0.3 is 0 Å². The van der Waals surface area contributed by atoms with E-state index in [1.54, 1.807) is 25.1 Å². The van der Waals surface area contributed by atoms with Crippen LogP contribution >= 0.6 is 15.9 Å². The van der Waals surface area contributed by atoms with Crippen molar-refractivity contribution in [3.8, 4) is 0 Å². The molecule has 0 aliphatic rings. The molecule has 0 fully saturated rings. The molecule has 0 saturated heterocycles. The minimum absolute atomic E-state index is 0.149. The van der Waals surface area contributed by atoms with Crippen LogP contribution in [0.5, 0.6) is 0 Å². The van der Waals surface area contributed by atoms with Crippen LogP contribution in [0.4, 0.5) is 5.82 Å². The zero-order valence-corrected chi connectivity index (χ0v) is 13.6. The van der Waals surface area contributed by atoms with Crippen molar-refractivity contribution in [2.45, 2.75) is 18.2 Å². The molecule has 1 aromatic heterocycles. The summed E-state index contributed by atoms with van der Waals surface area (Å²) in [6, 6.07) is 7.84. The molecule has 0 unspecified atom stereocenters. The normalized spacial score (nSPS) is 11.3. The molecule has 0 aliphatic heterocycles. The Morgan fingerprint density at radius 3 is 2.57 bits per heavy atom. The van der Waals surface area contributed by atoms with Gasteiger partial charge in [0.05, 0.1) is 10.6 Å². The highest BCUT2D eigenvalue weighted by Crippen LogP contribution is 2.16. The summed E-state index contributed by atoms with van der Waals surface area (Å²) in [6.45, 7) is 1.70. The van der Waals surface area contributed by atoms with Gasteiger partial charge in [-0.15, -0.1) is 0 Å². The van der Waals surface area contributed by atoms with Gasteiger partial charge in [0.15, 0.2) is 15.7 Å². The van der Waals surface area contributed by atoms with Gasteiger partial charge in [-0.25, -0.2) is 8.42 Å². The molecular weight excluding hydrogens is 360 g/mol. The van der Waals surface area contributed by atoms with Crippen molar-refractivity contribution in [2.24, 2.45) is 0 Å². The molecule has 2 aromatic rings. The minimum atomic E-state index is -3.48. The fraction of sp³-hybridized carbons (Fsp3) is 0.231. The topological polar surface area (TPSA) is 89.3 Å². The monoisotopic (exact) mass is 372 g/mol. The number of hydrogen-bond donors (Lipinski definition) is 1. The summed E-state index contributed by atoms with van der Waals surface area (Å²) >= 11 is 3.24. The average Bonchev–Trinajstić information content (AvgIpc) is 2.82. The lowest BCUT2D eigenvalue weighted by molar-refractivity contribution is -0.115. The predicted octanol–water partition coefficient (Wildman–Crippen LogP) is 2.55. The van der Waals surface area contributed by atoms with E-state index in [1.165, 1.54) is 12.1 Å². The first-order chi connectivity index (χ1) is 9.87. The Hall–Kier alpha value is -1.67. The van der Waals surface area contributed by atoms with Crippen molar-refractivity contribution in [3.05, 3.63) is 40.6 Å². The number of nitrogens with one attached hydrogen (secondary N) is 1. The van der Waals surface area contributed by atoms with Gasteiger partial charge in [0.25, 0.3) is 0 Å². The highest BCUT2D eigenvalue weighted by molar-refractivity contribution is 9.10. The van der Waals surface area contributed by atoms with E-state index >= 15 is 0 Å². The molecule has 0 atom stereocenters. The third kappa shape index (κ3) is 4.40. The number of sulfone groups is 1. The zero-order chi connectivity index (χ0) is 15.5. The van der Waals surface area contributed by atoms with E-state index in [2.05, 4.69) is 26.4 Å². The third-order valence-corrected chi connectivity index (χ3v) is 4.93. The van der Waals surface area contributed by atoms with Crippen LogP contribution in [0.3, 0.4) is 0 Å². The van der Waals surface area contributed by atoms with E-state index in [4.69, 9.17) is 4.52 Å². The Balaban J connectivity index is 1.95. The molecule has 0 spiro atoms. The number of aromatic nitrogens is 1. The number of aryl methyl sites for hydroxylation is 1. The molecule has 21 heavy (non-hydrogen) atoms. The highest BCUT2D eigenvalue weighted by Gasteiger charge is 2.17. The molecule has 1 N–H and O–H groups in total. The molecule has 0 bridgehead atoms. The van der Waals surface area contributed by atoms with Crippen LogP contribution in [0.15, 0.2) is 44.2 Å². The van der Waals surface area contributed by atoms with Gasteiger partial charge in [-0.1, -0.05) is 21.1 Å². The van der Waals surface area contributed by atoms with Gasteiger partial charge in [-0.05, 0) is 31.2 Å². The number of benzene rings is 1. The van der Waals surface area contributed by atoms with Crippen molar-refractivity contribution in [3.63, 3.8) is 0 Å². The Morgan fingerprint density at radius 2 is 2.00 bits per heavy atom. The second-order valence-electron chi connectivity index (χ2n) is 4.39. The average molecular weight is 373 g/mol. The van der Waals surface area contributed by atoms with Crippen LogP contribution in [0.1, 0.15) is 12.2 Å². The van der Waals surface area contributed by atoms with Crippen LogP contribution in [-0.4, -0.2) is 25.2 Å². The maximum Gasteiger partial charge on any atom is 0.226 e. The van der Waals surface area contributed by atoms with E-state index in [0.717, 1.165) is 4.47 Å². The van der Waals surface area contributed by atoms with Crippen molar-refractivity contribution < 1.29 is 17.7 Å². The molecule has 0 saturated carbocycles. The zero-order valence-electron chi connectivity index (χ0n) is 11.2. The summed E-state index contributed by atoms with van der Waals surface area (Å²) in [4.78, 5) is 11.9. The third-order valence-electron chi connectivity index (χ3n) is 2.67. The van der Waals surface area contributed by atoms with Gasteiger partial charge < -0.3 is 9.84 Å². The summed E-state index contributed by atoms with van der Waals surface area (Å²) in [5, 5.41) is 6.09. The van der Waals surface area contributed by atoms with Gasteiger partial charge in [0, 0.05) is 17.0 Å². The number of halogens is 1. The molecule has 112 valence electrons. The van der Waals surface area contributed by atoms with Crippen LogP contribution in [-0.2, 0) is 14.6 Å². The molecule has 1 heterocycles. The van der Waals surface area contributed by atoms with Gasteiger partial charge in [0.2, 0.25) is 5.91 Å². The van der Waals surface area contributed by atoms with Crippen molar-refractivity contribution in [1.82, 2.24) is 5.16 Å². The summed E-state index contributed by atoms with van der Waals surface area (Å²) in [5.41, 5.74) is 0. The first kappa shape index (κ1) is 15.7. The molecule has 0 aliphatic carbocycles. The van der Waals surface area contributed by atoms with E-state index in [-0.39, 0.29) is 22.9 Å². The van der Waals surface area contributed by atoms with Gasteiger partial charge in [-0.2, -0.15) is 0 Å². The summed E-state index contributed by atoms with van der Waals surface area (Å²) in [5.74, 6) is 0.146. The first-order valence-electron chi connectivity index (χ1n) is 6.08. The maximum absolute atomic E-state index is 12.1. The highest BCUT2D eigenvalue weighted by atomic mass is 79.9. The predicted molar refractivity (Wildman–Crippen MR) is 80.7 cm³/mol. The first-order valence-corrected chi connectivity index (χ1v) is 8.53. The van der Waals surface area contributed by atoms with Crippen LogP contribution in [0.2, 0.25) is 0 Å². The fourth-order valence-electron chi connectivity index (χ4n) is 1.62. The number of amides is 1. The Labute approximate surface area is 130 Å². The molecule has 1 amide bonds. The molecule has 8 heteroatoms. The van der Waals surface area contributed by atoms with E-state index in [0.29, 0.717) is 5.76 Å². The largest absolute Gasteiger partial charge is 0.360 e. The second kappa shape index (κ2) is 6.40. The van der Waals surface area contributed by atoms with E-state index in [9.17, 15) is 13.2 Å². The Bertz CT molecular complexity index is 738. The van der Waals surface area contributed by atoms with Crippen molar-refractivity contribution in [2.75, 3.05) is 11.1 Å². The van der Waals surface area contributed by atoms with Crippen molar-refractivity contribution >= 4 is 37.5 Å². The Morgan fingerprint density at radius 1 is 1.33 bits per heavy atom. The second-order valence-corrected chi connectivity index (χ2v) is 7.42. The molecule has 2 rings (SSSR count). The van der Waals surface area contributed by atoms with Crippen LogP contribution in [0.25, 0.3) is 0 Å². The van der Waals surface area contributed by atoms with Gasteiger partial charge in [-0.3, -0.25) is 4.79 Å². The van der Waals surface area contributed by atoms with Crippen molar-refractivity contribution in [1.29, 1.82) is 0 Å². The molecule has 1 aromatic carbocycles. The molecular formula is C13H13BrN2O4S. The molecule has 0 radical (unpaired) electrons. The van der Waals surface area contributed by atoms with E-state index < -0.39 is 15.7 Å². The van der Waals surface area contributed by atoms with Crippen LogP contribution < -0.4 is 5.32 Å². The standard InChI is InChI=1S/C13H13BrN2O4S/c1-9-8-12(16-20-9)15-13(17)6-7-21(18,19)11-4-2-10(14)3-5-11/h2-5,8H,6-7H2,1H3,(H,15,16,17). The number of carbonyl (C=O) groups excluding carboxylic acids is 1. The summed E-state index contributed by atoms with van der Waals surface area (Å²) in [7, 11) is -3.48. The van der Waals surface area contributed by atoms with E-state index in [1.807, 2.05) is 0 Å². The van der Waals surface area contributed by atoms with Crippen LogP contribution in [0, 0.1) is 6.92 Å². The quantitative estimate of drug-likeness (QED) is 0.870. The van der Waals surface area contributed by atoms with Gasteiger partial charge in [0.1, 0.15) is 5.76 Å². The summed E-state index contributed by atoms with van der Waals surface area (Å²) in [6.07, 6.45) is -0.149. The lowest BCUT2D eigenvalue weighted by atomic mass is 10.4. The Kier molecular flexibility index (Phi) is 4.79.